The Morgan fingerprint density at radius 3 is 2.13 bits per heavy atom. The van der Waals surface area contributed by atoms with Crippen LogP contribution in [0.2, 0.25) is 0 Å². The second-order valence-electron chi connectivity index (χ2n) is 4.33. The lowest BCUT2D eigenvalue weighted by Gasteiger charge is -2.31. The molecule has 0 aromatic rings. The number of hydrogen-bond donors (Lipinski definition) is 4. The quantitative estimate of drug-likeness (QED) is 0.379. The van der Waals surface area contributed by atoms with Gasteiger partial charge in [-0.15, -0.1) is 0 Å². The minimum absolute atomic E-state index is 0.0512. The molecule has 1 atom stereocenters. The predicted octanol–water partition coefficient (Wildman–Crippen LogP) is -0.984. The van der Waals surface area contributed by atoms with Gasteiger partial charge in [0.15, 0.2) is 5.78 Å². The zero-order chi connectivity index (χ0) is 18.3. The number of nitrogens with one attached hydrogen (secondary N) is 2. The predicted molar refractivity (Wildman–Crippen MR) is 87.2 cm³/mol. The van der Waals surface area contributed by atoms with Crippen molar-refractivity contribution in [3.63, 3.8) is 0 Å². The van der Waals surface area contributed by atoms with E-state index in [1.165, 1.54) is 6.08 Å². The second-order valence-corrected chi connectivity index (χ2v) is 4.33. The van der Waals surface area contributed by atoms with Crippen LogP contribution in [0.5, 0.6) is 0 Å². The molecule has 1 aliphatic heterocycles. The monoisotopic (exact) mass is 327 g/mol. The maximum Gasteiger partial charge on any atom is 0.245 e. The second kappa shape index (κ2) is 13.4. The summed E-state index contributed by atoms with van der Waals surface area (Å²) in [5.41, 5.74) is 3.85. The molecule has 0 aromatic heterocycles. The van der Waals surface area contributed by atoms with Crippen LogP contribution in [0.1, 0.15) is 6.92 Å². The average Bonchev–Trinajstić information content (AvgIpc) is 2.56. The first kappa shape index (κ1) is 23.0. The van der Waals surface area contributed by atoms with Crippen molar-refractivity contribution in [2.75, 3.05) is 26.4 Å². The Morgan fingerprint density at radius 2 is 1.87 bits per heavy atom. The first-order valence-electron chi connectivity index (χ1n) is 6.72. The largest absolute Gasteiger partial charge is 0.376 e. The van der Waals surface area contributed by atoms with Crippen molar-refractivity contribution < 1.29 is 24.2 Å². The van der Waals surface area contributed by atoms with E-state index in [0.29, 0.717) is 13.2 Å². The molecule has 130 valence electrons. The van der Waals surface area contributed by atoms with Gasteiger partial charge in [-0.25, -0.2) is 0 Å². The number of carbonyl (C=O) groups is 3. The molecule has 1 fully saturated rings. The number of hydrogen-bond acceptors (Lipinski definition) is 6. The highest BCUT2D eigenvalue weighted by Crippen LogP contribution is 2.13. The van der Waals surface area contributed by atoms with Crippen molar-refractivity contribution >= 4 is 17.6 Å². The fourth-order valence-electron chi connectivity index (χ4n) is 1.25. The molecule has 2 amide bonds. The van der Waals surface area contributed by atoms with Gasteiger partial charge < -0.3 is 26.2 Å². The van der Waals surface area contributed by atoms with E-state index in [9.17, 15) is 14.4 Å². The molecular formula is C15H25N3O5. The number of primary amides is 1. The summed E-state index contributed by atoms with van der Waals surface area (Å²) >= 11 is 0. The van der Waals surface area contributed by atoms with Gasteiger partial charge in [-0.05, 0) is 25.2 Å². The Bertz CT molecular complexity index is 429. The minimum atomic E-state index is -0.681. The Kier molecular flexibility index (Phi) is 13.4. The van der Waals surface area contributed by atoms with Crippen LogP contribution in [0, 0.1) is 0 Å². The van der Waals surface area contributed by atoms with Gasteiger partial charge in [0, 0.05) is 13.1 Å². The minimum Gasteiger partial charge on any atom is -0.376 e. The Balaban J connectivity index is 0. The molecule has 0 aromatic carbocycles. The number of aliphatic hydroxyl groups is 1. The van der Waals surface area contributed by atoms with E-state index < -0.39 is 11.5 Å². The van der Waals surface area contributed by atoms with Crippen molar-refractivity contribution in [3.05, 3.63) is 38.0 Å². The standard InChI is InChI=1S/C8H13NO2.C4H7NO2.C3H5NO/c1-3-7(10)8(2)6-9-4-5-11-8;1-2-4(7)5-3-6;1-2-3(4)5/h3,9H,1,4-6H2,2H3;2,6H,1,3H2,(H,5,7);2H,1H2,(H2,4,5). The van der Waals surface area contributed by atoms with E-state index in [-0.39, 0.29) is 18.4 Å². The summed E-state index contributed by atoms with van der Waals surface area (Å²) in [4.78, 5) is 30.7. The van der Waals surface area contributed by atoms with Crippen molar-refractivity contribution in [1.82, 2.24) is 10.6 Å². The molecule has 0 bridgehead atoms. The fourth-order valence-corrected chi connectivity index (χ4v) is 1.25. The smallest absolute Gasteiger partial charge is 0.245 e. The summed E-state index contributed by atoms with van der Waals surface area (Å²) < 4.78 is 5.33. The third-order valence-corrected chi connectivity index (χ3v) is 2.51. The lowest BCUT2D eigenvalue weighted by atomic mass is 9.99. The van der Waals surface area contributed by atoms with Crippen LogP contribution in [0.3, 0.4) is 0 Å². The molecule has 23 heavy (non-hydrogen) atoms. The molecule has 1 aliphatic rings. The fraction of sp³-hybridized carbons (Fsp3) is 0.400. The van der Waals surface area contributed by atoms with Crippen LogP contribution >= 0.6 is 0 Å². The molecule has 0 spiro atoms. The molecule has 1 saturated heterocycles. The van der Waals surface area contributed by atoms with Crippen molar-refractivity contribution in [1.29, 1.82) is 0 Å². The molecular weight excluding hydrogens is 302 g/mol. The summed E-state index contributed by atoms with van der Waals surface area (Å²) in [6.45, 7) is 13.1. The van der Waals surface area contributed by atoms with E-state index in [0.717, 1.165) is 18.7 Å². The van der Waals surface area contributed by atoms with E-state index in [2.05, 4.69) is 36.1 Å². The lowest BCUT2D eigenvalue weighted by Crippen LogP contribution is -2.52. The van der Waals surface area contributed by atoms with Crippen molar-refractivity contribution in [3.8, 4) is 0 Å². The Labute approximate surface area is 136 Å². The van der Waals surface area contributed by atoms with Gasteiger partial charge in [0.05, 0.1) is 6.61 Å². The zero-order valence-electron chi connectivity index (χ0n) is 13.3. The molecule has 1 heterocycles. The maximum atomic E-state index is 11.2. The van der Waals surface area contributed by atoms with Gasteiger partial charge >= 0.3 is 0 Å². The molecule has 8 nitrogen and oxygen atoms in total. The summed E-state index contributed by atoms with van der Waals surface area (Å²) in [5.74, 6) is -0.891. The first-order chi connectivity index (χ1) is 10.8. The first-order valence-corrected chi connectivity index (χ1v) is 6.72. The number of aliphatic hydroxyl groups excluding tert-OH is 1. The lowest BCUT2D eigenvalue weighted by molar-refractivity contribution is -0.140. The normalized spacial score (nSPS) is 18.7. The number of morpholine rings is 1. The van der Waals surface area contributed by atoms with Gasteiger partial charge in [0.25, 0.3) is 0 Å². The van der Waals surface area contributed by atoms with Crippen LogP contribution in [0.4, 0.5) is 0 Å². The number of rotatable bonds is 5. The van der Waals surface area contributed by atoms with Gasteiger partial charge in [-0.2, -0.15) is 0 Å². The zero-order valence-corrected chi connectivity index (χ0v) is 13.3. The summed E-state index contributed by atoms with van der Waals surface area (Å²) in [6.07, 6.45) is 3.46. The van der Waals surface area contributed by atoms with Crippen molar-refractivity contribution in [2.24, 2.45) is 5.73 Å². The number of amides is 2. The number of ketones is 1. The highest BCUT2D eigenvalue weighted by atomic mass is 16.5. The molecule has 8 heteroatoms. The molecule has 0 saturated carbocycles. The third-order valence-electron chi connectivity index (χ3n) is 2.51. The van der Waals surface area contributed by atoms with Crippen molar-refractivity contribution in [2.45, 2.75) is 12.5 Å². The van der Waals surface area contributed by atoms with Crippen LogP contribution in [0.25, 0.3) is 0 Å². The average molecular weight is 327 g/mol. The molecule has 0 radical (unpaired) electrons. The highest BCUT2D eigenvalue weighted by molar-refractivity contribution is 5.96. The molecule has 5 N–H and O–H groups in total. The molecule has 1 rings (SSSR count). The van der Waals surface area contributed by atoms with Gasteiger partial charge in [-0.1, -0.05) is 19.7 Å². The maximum absolute atomic E-state index is 11.2. The Morgan fingerprint density at radius 1 is 1.30 bits per heavy atom. The van der Waals surface area contributed by atoms with E-state index >= 15 is 0 Å². The third kappa shape index (κ3) is 12.0. The molecule has 1 unspecified atom stereocenters. The number of nitrogens with two attached hydrogens (primary N) is 1. The van der Waals surface area contributed by atoms with E-state index in [1.807, 2.05) is 0 Å². The van der Waals surface area contributed by atoms with Crippen LogP contribution in [-0.4, -0.2) is 54.7 Å². The van der Waals surface area contributed by atoms with Gasteiger partial charge in [-0.3, -0.25) is 14.4 Å². The summed E-state index contributed by atoms with van der Waals surface area (Å²) in [6, 6.07) is 0. The summed E-state index contributed by atoms with van der Waals surface area (Å²) in [5, 5.41) is 13.2. The van der Waals surface area contributed by atoms with E-state index in [1.54, 1.807) is 6.92 Å². The van der Waals surface area contributed by atoms with Gasteiger partial charge in [0.1, 0.15) is 12.3 Å². The van der Waals surface area contributed by atoms with Crippen LogP contribution in [-0.2, 0) is 19.1 Å². The SMILES string of the molecule is C=CC(=O)C1(C)CNCCO1.C=CC(=O)NCO.C=CC(N)=O. The van der Waals surface area contributed by atoms with Gasteiger partial charge in [0.2, 0.25) is 11.8 Å². The topological polar surface area (TPSA) is 131 Å². The number of carbonyl (C=O) groups excluding carboxylic acids is 3. The Hall–Kier alpha value is -2.29. The van der Waals surface area contributed by atoms with Crippen LogP contribution in [0.15, 0.2) is 38.0 Å². The number of ether oxygens (including phenoxy) is 1. The van der Waals surface area contributed by atoms with Crippen LogP contribution < -0.4 is 16.4 Å². The summed E-state index contributed by atoms with van der Waals surface area (Å²) in [7, 11) is 0. The van der Waals surface area contributed by atoms with E-state index in [4.69, 9.17) is 9.84 Å². The highest BCUT2D eigenvalue weighted by Gasteiger charge is 2.33. The molecule has 0 aliphatic carbocycles.